The Kier molecular flexibility index (Phi) is 5.09. The van der Waals surface area contributed by atoms with Crippen LogP contribution >= 0.6 is 45.2 Å². The van der Waals surface area contributed by atoms with Gasteiger partial charge in [-0.25, -0.2) is 18.0 Å². The number of halogens is 4. The van der Waals surface area contributed by atoms with Gasteiger partial charge in [-0.05, 0) is 95.3 Å². The molecular formula is C19H15F2I2O8S-. The summed E-state index contributed by atoms with van der Waals surface area (Å²) in [5.41, 5.74) is -1.03. The lowest BCUT2D eigenvalue weighted by molar-refractivity contribution is -0.309. The zero-order valence-corrected chi connectivity index (χ0v) is 21.2. The van der Waals surface area contributed by atoms with Crippen molar-refractivity contribution in [3.63, 3.8) is 0 Å². The van der Waals surface area contributed by atoms with Crippen molar-refractivity contribution < 1.29 is 45.6 Å². The van der Waals surface area contributed by atoms with Crippen LogP contribution in [0, 0.1) is 24.9 Å². The quantitative estimate of drug-likeness (QED) is 0.269. The van der Waals surface area contributed by atoms with E-state index in [2.05, 4.69) is 22.6 Å². The third-order valence-corrected chi connectivity index (χ3v) is 10.8. The van der Waals surface area contributed by atoms with Gasteiger partial charge in [0.25, 0.3) is 5.79 Å². The highest BCUT2D eigenvalue weighted by Crippen LogP contribution is 2.64. The largest absolute Gasteiger partial charge is 0.743 e. The SMILES string of the molecule is O=C1OC2(Oc3ccc(I)c(I)c31)C1CC3CC2CC(OC(=O)C(F)(F)S(=O)(=O)[O-])(C3)C1. The van der Waals surface area contributed by atoms with Gasteiger partial charge in [-0.2, -0.15) is 8.78 Å². The molecule has 0 N–H and O–H groups in total. The van der Waals surface area contributed by atoms with E-state index in [-0.39, 0.29) is 25.2 Å². The minimum absolute atomic E-state index is 0.00367. The molecule has 8 nitrogen and oxygen atoms in total. The Hall–Kier alpha value is -0.810. The fourth-order valence-corrected chi connectivity index (χ4v) is 7.23. The van der Waals surface area contributed by atoms with E-state index in [1.54, 1.807) is 6.07 Å². The number of alkyl halides is 2. The van der Waals surface area contributed by atoms with Crippen LogP contribution in [0.15, 0.2) is 12.1 Å². The molecule has 1 aliphatic heterocycles. The maximum Gasteiger partial charge on any atom is 0.428 e. The first-order chi connectivity index (χ1) is 14.8. The van der Waals surface area contributed by atoms with Crippen molar-refractivity contribution in [1.29, 1.82) is 0 Å². The van der Waals surface area contributed by atoms with Gasteiger partial charge in [-0.3, -0.25) is 0 Å². The average molecular weight is 695 g/mol. The minimum atomic E-state index is -6.21. The predicted molar refractivity (Wildman–Crippen MR) is 118 cm³/mol. The molecule has 5 aliphatic rings. The van der Waals surface area contributed by atoms with Gasteiger partial charge in [0, 0.05) is 19.0 Å². The summed E-state index contributed by atoms with van der Waals surface area (Å²) in [6.07, 6.45) is 1.55. The molecule has 13 heteroatoms. The van der Waals surface area contributed by atoms with Gasteiger partial charge >= 0.3 is 17.2 Å². The molecule has 2 atom stereocenters. The molecule has 32 heavy (non-hydrogen) atoms. The van der Waals surface area contributed by atoms with Crippen molar-refractivity contribution in [2.45, 2.75) is 48.7 Å². The molecule has 1 spiro atoms. The second-order valence-electron chi connectivity index (χ2n) is 8.83. The number of carbonyl (C=O) groups is 2. The standard InChI is InChI=1S/C19H16F2I2O8S/c20-19(21,32(26,27)28)16(25)31-17-5-8-3-9(6-17)18(10(4-8)7-17)29-12-2-1-11(22)14(23)13(12)15(24)30-18/h1-2,8-10H,3-7H2,(H,26,27,28)/p-1. The Bertz CT molecular complexity index is 1140. The molecule has 1 aromatic rings. The molecule has 4 fully saturated rings. The Morgan fingerprint density at radius 3 is 2.38 bits per heavy atom. The highest BCUT2D eigenvalue weighted by Gasteiger charge is 2.69. The summed E-state index contributed by atoms with van der Waals surface area (Å²) in [5, 5.41) is -5.17. The van der Waals surface area contributed by atoms with Crippen LogP contribution in [-0.2, 0) is 24.4 Å². The van der Waals surface area contributed by atoms with E-state index in [0.29, 0.717) is 27.7 Å². The summed E-state index contributed by atoms with van der Waals surface area (Å²) in [4.78, 5) is 24.9. The number of hydrogen-bond donors (Lipinski definition) is 0. The molecule has 0 radical (unpaired) electrons. The maximum absolute atomic E-state index is 13.8. The first-order valence-electron chi connectivity index (χ1n) is 9.75. The number of carbonyl (C=O) groups excluding carboxylic acids is 2. The summed E-state index contributed by atoms with van der Waals surface area (Å²) in [7, 11) is -6.21. The number of benzene rings is 1. The molecule has 2 unspecified atom stereocenters. The third-order valence-electron chi connectivity index (χ3n) is 6.91. The van der Waals surface area contributed by atoms with Crippen LogP contribution in [0.25, 0.3) is 0 Å². The summed E-state index contributed by atoms with van der Waals surface area (Å²) < 4.78 is 78.9. The van der Waals surface area contributed by atoms with Crippen molar-refractivity contribution in [1.82, 2.24) is 0 Å². The van der Waals surface area contributed by atoms with Crippen LogP contribution < -0.4 is 4.74 Å². The number of esters is 2. The van der Waals surface area contributed by atoms with Gasteiger partial charge in [0.2, 0.25) is 0 Å². The number of fused-ring (bicyclic) bond motifs is 1. The summed E-state index contributed by atoms with van der Waals surface area (Å²) in [6.45, 7) is 0. The van der Waals surface area contributed by atoms with Gasteiger partial charge in [0.05, 0.1) is 0 Å². The van der Waals surface area contributed by atoms with Gasteiger partial charge in [-0.1, -0.05) is 0 Å². The Morgan fingerprint density at radius 2 is 1.78 bits per heavy atom. The molecule has 6 rings (SSSR count). The second-order valence-corrected chi connectivity index (χ2v) is 12.5. The van der Waals surface area contributed by atoms with Gasteiger partial charge in [-0.15, -0.1) is 0 Å². The van der Waals surface area contributed by atoms with E-state index in [0.717, 1.165) is 3.57 Å². The zero-order valence-electron chi connectivity index (χ0n) is 16.1. The van der Waals surface area contributed by atoms with Crippen molar-refractivity contribution in [3.05, 3.63) is 24.8 Å². The normalized spacial score (nSPS) is 35.3. The lowest BCUT2D eigenvalue weighted by Gasteiger charge is -2.63. The molecule has 0 aromatic heterocycles. The Labute approximate surface area is 208 Å². The summed E-state index contributed by atoms with van der Waals surface area (Å²) in [5.74, 6) is -4.69. The minimum Gasteiger partial charge on any atom is -0.743 e. The molecule has 4 aliphatic carbocycles. The Morgan fingerprint density at radius 1 is 1.16 bits per heavy atom. The lowest BCUT2D eigenvalue weighted by Crippen LogP contribution is -2.69. The first-order valence-corrected chi connectivity index (χ1v) is 13.3. The molecule has 1 heterocycles. The van der Waals surface area contributed by atoms with E-state index in [9.17, 15) is 31.3 Å². The third kappa shape index (κ3) is 3.20. The van der Waals surface area contributed by atoms with Crippen LogP contribution in [0.3, 0.4) is 0 Å². The highest BCUT2D eigenvalue weighted by atomic mass is 127. The highest BCUT2D eigenvalue weighted by molar-refractivity contribution is 14.1. The van der Waals surface area contributed by atoms with Crippen molar-refractivity contribution in [3.8, 4) is 5.75 Å². The monoisotopic (exact) mass is 695 g/mol. The molecule has 1 aromatic carbocycles. The average Bonchev–Trinajstić information content (AvgIpc) is 2.67. The van der Waals surface area contributed by atoms with Gasteiger partial charge < -0.3 is 18.8 Å². The van der Waals surface area contributed by atoms with E-state index < -0.39 is 50.5 Å². The maximum atomic E-state index is 13.8. The first kappa shape index (κ1) is 23.0. The molecule has 0 saturated heterocycles. The molecule has 4 saturated carbocycles. The Balaban J connectivity index is 1.46. The lowest BCUT2D eigenvalue weighted by atomic mass is 9.51. The molecule has 0 amide bonds. The molecule has 4 bridgehead atoms. The number of hydrogen-bond acceptors (Lipinski definition) is 8. The smallest absolute Gasteiger partial charge is 0.428 e. The fourth-order valence-electron chi connectivity index (χ4n) is 5.87. The van der Waals surface area contributed by atoms with Gasteiger partial charge in [0.15, 0.2) is 10.1 Å². The second kappa shape index (κ2) is 7.10. The fraction of sp³-hybridized carbons (Fsp3) is 0.579. The summed E-state index contributed by atoms with van der Waals surface area (Å²) in [6, 6.07) is 3.51. The molecular weight excluding hydrogens is 680 g/mol. The van der Waals surface area contributed by atoms with E-state index in [1.807, 2.05) is 28.7 Å². The van der Waals surface area contributed by atoms with Gasteiger partial charge in [0.1, 0.15) is 16.9 Å². The van der Waals surface area contributed by atoms with Crippen molar-refractivity contribution in [2.24, 2.45) is 17.8 Å². The van der Waals surface area contributed by atoms with E-state index in [4.69, 9.17) is 14.2 Å². The molecule has 174 valence electrons. The number of rotatable bonds is 3. The van der Waals surface area contributed by atoms with Crippen LogP contribution in [0.1, 0.15) is 42.5 Å². The topological polar surface area (TPSA) is 119 Å². The zero-order chi connectivity index (χ0) is 23.3. The van der Waals surface area contributed by atoms with Crippen LogP contribution in [-0.4, -0.2) is 41.6 Å². The van der Waals surface area contributed by atoms with Crippen LogP contribution in [0.2, 0.25) is 0 Å². The van der Waals surface area contributed by atoms with E-state index >= 15 is 0 Å². The van der Waals surface area contributed by atoms with E-state index in [1.165, 1.54) is 0 Å². The summed E-state index contributed by atoms with van der Waals surface area (Å²) >= 11 is 4.14. The van der Waals surface area contributed by atoms with Crippen molar-refractivity contribution >= 4 is 67.2 Å². The predicted octanol–water partition coefficient (Wildman–Crippen LogP) is 3.40. The van der Waals surface area contributed by atoms with Crippen molar-refractivity contribution in [2.75, 3.05) is 0 Å². The van der Waals surface area contributed by atoms with Crippen LogP contribution in [0.5, 0.6) is 5.75 Å². The van der Waals surface area contributed by atoms with Crippen LogP contribution in [0.4, 0.5) is 8.78 Å². The number of ether oxygens (including phenoxy) is 3.